The molecule has 0 amide bonds. The summed E-state index contributed by atoms with van der Waals surface area (Å²) in [5, 5.41) is 12.2. The monoisotopic (exact) mass is 366 g/mol. The maximum atomic E-state index is 13.0. The second-order valence-electron chi connectivity index (χ2n) is 7.25. The number of nitrogens with zero attached hydrogens (tertiary/aromatic N) is 1. The van der Waals surface area contributed by atoms with Crippen LogP contribution in [0.25, 0.3) is 6.08 Å². The number of nitrogens with one attached hydrogen (secondary N) is 1. The zero-order chi connectivity index (χ0) is 19.8. The van der Waals surface area contributed by atoms with E-state index in [-0.39, 0.29) is 11.1 Å². The lowest BCUT2D eigenvalue weighted by Gasteiger charge is -2.32. The Labute approximate surface area is 152 Å². The molecule has 0 unspecified atom stereocenters. The van der Waals surface area contributed by atoms with Crippen molar-refractivity contribution in [2.75, 3.05) is 13.6 Å². The van der Waals surface area contributed by atoms with E-state index in [4.69, 9.17) is 9.31 Å². The molecule has 140 valence electrons. The molecule has 0 saturated carbocycles. The van der Waals surface area contributed by atoms with Crippen LogP contribution in [0.15, 0.2) is 23.7 Å². The van der Waals surface area contributed by atoms with Gasteiger partial charge in [-0.15, -0.1) is 0 Å². The predicted molar refractivity (Wildman–Crippen MR) is 94.1 cm³/mol. The Morgan fingerprint density at radius 1 is 1.23 bits per heavy atom. The minimum absolute atomic E-state index is 0.156. The van der Waals surface area contributed by atoms with Crippen molar-refractivity contribution in [1.82, 2.24) is 5.32 Å². The molecule has 0 atom stereocenters. The SMILES string of the molecule is CNCC(=Cc1cc(C(F)(F)F)ccc1C#N)B1OC(C)(C)C(C)(C)O1. The van der Waals surface area contributed by atoms with Gasteiger partial charge in [-0.3, -0.25) is 0 Å². The van der Waals surface area contributed by atoms with Crippen molar-refractivity contribution in [2.24, 2.45) is 0 Å². The molecule has 1 aliphatic rings. The van der Waals surface area contributed by atoms with E-state index in [0.717, 1.165) is 12.1 Å². The average molecular weight is 366 g/mol. The molecular weight excluding hydrogens is 344 g/mol. The number of likely N-dealkylation sites (N-methyl/N-ethyl adjacent to an activating group) is 1. The van der Waals surface area contributed by atoms with Crippen molar-refractivity contribution >= 4 is 13.2 Å². The lowest BCUT2D eigenvalue weighted by molar-refractivity contribution is -0.137. The lowest BCUT2D eigenvalue weighted by Crippen LogP contribution is -2.41. The van der Waals surface area contributed by atoms with E-state index in [9.17, 15) is 18.4 Å². The number of hydrogen-bond acceptors (Lipinski definition) is 4. The first-order valence-corrected chi connectivity index (χ1v) is 8.23. The Hall–Kier alpha value is -1.82. The molecule has 0 bridgehead atoms. The maximum Gasteiger partial charge on any atom is 0.491 e. The molecule has 0 spiro atoms. The maximum absolute atomic E-state index is 13.0. The predicted octanol–water partition coefficient (Wildman–Crippen LogP) is 3.81. The van der Waals surface area contributed by atoms with Gasteiger partial charge in [0, 0.05) is 6.54 Å². The van der Waals surface area contributed by atoms with Gasteiger partial charge in [0.2, 0.25) is 0 Å². The first-order valence-electron chi connectivity index (χ1n) is 8.23. The Balaban J connectivity index is 2.48. The van der Waals surface area contributed by atoms with E-state index in [1.54, 1.807) is 7.05 Å². The van der Waals surface area contributed by atoms with Gasteiger partial charge in [-0.2, -0.15) is 18.4 Å². The summed E-state index contributed by atoms with van der Waals surface area (Å²) in [6, 6.07) is 4.98. The molecule has 1 aliphatic heterocycles. The van der Waals surface area contributed by atoms with Crippen LogP contribution in [0.3, 0.4) is 0 Å². The van der Waals surface area contributed by atoms with Gasteiger partial charge < -0.3 is 14.6 Å². The topological polar surface area (TPSA) is 54.3 Å². The van der Waals surface area contributed by atoms with Crippen molar-refractivity contribution in [1.29, 1.82) is 5.26 Å². The highest BCUT2D eigenvalue weighted by molar-refractivity contribution is 6.56. The van der Waals surface area contributed by atoms with Crippen LogP contribution >= 0.6 is 0 Å². The fourth-order valence-corrected chi connectivity index (χ4v) is 2.56. The summed E-state index contributed by atoms with van der Waals surface area (Å²) in [7, 11) is 1.00. The molecule has 0 aliphatic carbocycles. The number of hydrogen-bond donors (Lipinski definition) is 1. The summed E-state index contributed by atoms with van der Waals surface area (Å²) in [5.74, 6) is 0. The Morgan fingerprint density at radius 3 is 2.27 bits per heavy atom. The summed E-state index contributed by atoms with van der Waals surface area (Å²) in [5.41, 5.74) is -1.000. The Kier molecular flexibility index (Phi) is 5.57. The fraction of sp³-hybridized carbons (Fsp3) is 0.500. The third-order valence-electron chi connectivity index (χ3n) is 4.78. The molecule has 1 aromatic rings. The van der Waals surface area contributed by atoms with Crippen molar-refractivity contribution in [2.45, 2.75) is 45.1 Å². The van der Waals surface area contributed by atoms with E-state index < -0.39 is 30.1 Å². The van der Waals surface area contributed by atoms with Crippen LogP contribution in [0.1, 0.15) is 44.4 Å². The summed E-state index contributed by atoms with van der Waals surface area (Å²) in [6.45, 7) is 7.94. The van der Waals surface area contributed by atoms with E-state index in [1.165, 1.54) is 12.1 Å². The van der Waals surface area contributed by atoms with Gasteiger partial charge in [0.1, 0.15) is 0 Å². The Morgan fingerprint density at radius 2 is 1.81 bits per heavy atom. The molecule has 2 rings (SSSR count). The molecule has 0 radical (unpaired) electrons. The average Bonchev–Trinajstić information content (AvgIpc) is 2.74. The van der Waals surface area contributed by atoms with E-state index in [1.807, 2.05) is 33.8 Å². The van der Waals surface area contributed by atoms with Crippen LogP contribution in [0.5, 0.6) is 0 Å². The largest absolute Gasteiger partial charge is 0.491 e. The van der Waals surface area contributed by atoms with Crippen LogP contribution in [0.4, 0.5) is 13.2 Å². The number of nitriles is 1. The molecule has 1 aromatic carbocycles. The van der Waals surface area contributed by atoms with Crippen LogP contribution in [0, 0.1) is 11.3 Å². The quantitative estimate of drug-likeness (QED) is 0.824. The molecule has 1 saturated heterocycles. The van der Waals surface area contributed by atoms with Crippen molar-refractivity contribution < 1.29 is 22.5 Å². The number of alkyl halides is 3. The van der Waals surface area contributed by atoms with E-state index in [2.05, 4.69) is 5.32 Å². The fourth-order valence-electron chi connectivity index (χ4n) is 2.56. The molecule has 1 fully saturated rings. The van der Waals surface area contributed by atoms with Crippen LogP contribution in [0.2, 0.25) is 0 Å². The highest BCUT2D eigenvalue weighted by atomic mass is 19.4. The molecular formula is C18H22BF3N2O2. The van der Waals surface area contributed by atoms with Gasteiger partial charge >= 0.3 is 13.3 Å². The normalized spacial score (nSPS) is 19.5. The first-order chi connectivity index (χ1) is 11.9. The molecule has 1 N–H and O–H groups in total. The first kappa shape index (κ1) is 20.5. The number of benzene rings is 1. The van der Waals surface area contributed by atoms with Crippen molar-refractivity contribution in [3.8, 4) is 6.07 Å². The summed E-state index contributed by atoms with van der Waals surface area (Å²) < 4.78 is 51.1. The van der Waals surface area contributed by atoms with Crippen molar-refractivity contribution in [3.05, 3.63) is 40.4 Å². The Bertz CT molecular complexity index is 736. The van der Waals surface area contributed by atoms with E-state index >= 15 is 0 Å². The highest BCUT2D eigenvalue weighted by Gasteiger charge is 2.52. The minimum atomic E-state index is -4.48. The van der Waals surface area contributed by atoms with E-state index in [0.29, 0.717) is 12.0 Å². The molecule has 8 heteroatoms. The summed E-state index contributed by atoms with van der Waals surface area (Å²) in [4.78, 5) is 0. The second kappa shape index (κ2) is 7.07. The smallest absolute Gasteiger partial charge is 0.400 e. The van der Waals surface area contributed by atoms with Crippen LogP contribution in [-0.4, -0.2) is 31.9 Å². The molecule has 1 heterocycles. The van der Waals surface area contributed by atoms with Gasteiger partial charge in [0.25, 0.3) is 0 Å². The standard InChI is InChI=1S/C18H22BF3N2O2/c1-16(2)17(3,4)26-19(25-16)15(11-24-5)9-13-8-14(18(20,21)22)7-6-12(13)10-23/h6-9,24H,11H2,1-5H3. The number of rotatable bonds is 4. The third-order valence-corrected chi connectivity index (χ3v) is 4.78. The molecule has 4 nitrogen and oxygen atoms in total. The molecule has 26 heavy (non-hydrogen) atoms. The van der Waals surface area contributed by atoms with Gasteiger partial charge in [-0.25, -0.2) is 0 Å². The summed E-state index contributed by atoms with van der Waals surface area (Å²) in [6.07, 6.45) is -2.95. The third kappa shape index (κ3) is 4.12. The van der Waals surface area contributed by atoms with Crippen molar-refractivity contribution in [3.63, 3.8) is 0 Å². The van der Waals surface area contributed by atoms with Gasteiger partial charge in [0.05, 0.1) is 28.4 Å². The minimum Gasteiger partial charge on any atom is -0.400 e. The van der Waals surface area contributed by atoms with Gasteiger partial charge in [-0.05, 0) is 64.0 Å². The van der Waals surface area contributed by atoms with Crippen LogP contribution in [-0.2, 0) is 15.5 Å². The highest BCUT2D eigenvalue weighted by Crippen LogP contribution is 2.39. The zero-order valence-corrected chi connectivity index (χ0v) is 15.5. The van der Waals surface area contributed by atoms with Crippen LogP contribution < -0.4 is 5.32 Å². The van der Waals surface area contributed by atoms with Gasteiger partial charge in [0.15, 0.2) is 0 Å². The zero-order valence-electron chi connectivity index (χ0n) is 15.5. The lowest BCUT2D eigenvalue weighted by atomic mass is 9.76. The van der Waals surface area contributed by atoms with Gasteiger partial charge in [-0.1, -0.05) is 6.08 Å². The molecule has 0 aromatic heterocycles. The number of halogens is 3. The second-order valence-corrected chi connectivity index (χ2v) is 7.25. The summed E-state index contributed by atoms with van der Waals surface area (Å²) >= 11 is 0.